The van der Waals surface area contributed by atoms with Crippen LogP contribution in [0.3, 0.4) is 0 Å². The molecule has 1 amide bonds. The molecule has 4 aliphatic rings. The number of ether oxygens (including phenoxy) is 1. The highest BCUT2D eigenvalue weighted by Crippen LogP contribution is 2.61. The van der Waals surface area contributed by atoms with E-state index in [9.17, 15) is 9.90 Å². The van der Waals surface area contributed by atoms with Gasteiger partial charge in [0.05, 0.1) is 30.5 Å². The van der Waals surface area contributed by atoms with E-state index in [1.807, 2.05) is 60.7 Å². The zero-order valence-corrected chi connectivity index (χ0v) is 21.4. The number of benzene rings is 2. The van der Waals surface area contributed by atoms with Gasteiger partial charge in [0.1, 0.15) is 5.82 Å². The Morgan fingerprint density at radius 3 is 2.41 bits per heavy atom. The molecule has 1 heterocycles. The number of carbonyl (C=O) groups is 1. The van der Waals surface area contributed by atoms with E-state index in [1.165, 1.54) is 38.5 Å². The van der Waals surface area contributed by atoms with Crippen LogP contribution >= 0.6 is 0 Å². The number of amides is 1. The number of rotatable bonds is 10. The first-order valence-corrected chi connectivity index (χ1v) is 13.8. The second kappa shape index (κ2) is 10.4. The van der Waals surface area contributed by atoms with Crippen LogP contribution < -0.4 is 10.6 Å². The molecule has 194 valence electrons. The molecular formula is C31H37N3O3. The summed E-state index contributed by atoms with van der Waals surface area (Å²) in [5.74, 6) is 3.40. The minimum Gasteiger partial charge on any atom is -0.394 e. The van der Waals surface area contributed by atoms with Crippen LogP contribution in [0.2, 0.25) is 0 Å². The predicted molar refractivity (Wildman–Crippen MR) is 146 cm³/mol. The van der Waals surface area contributed by atoms with E-state index < -0.39 is 0 Å². The van der Waals surface area contributed by atoms with Crippen LogP contribution in [0.15, 0.2) is 60.7 Å². The zero-order valence-electron chi connectivity index (χ0n) is 21.4. The van der Waals surface area contributed by atoms with E-state index in [0.717, 1.165) is 39.9 Å². The molecule has 1 aromatic heterocycles. The fourth-order valence-corrected chi connectivity index (χ4v) is 7.59. The van der Waals surface area contributed by atoms with Crippen LogP contribution in [-0.4, -0.2) is 35.3 Å². The van der Waals surface area contributed by atoms with E-state index >= 15 is 0 Å². The molecule has 4 saturated carbocycles. The molecule has 4 fully saturated rings. The Labute approximate surface area is 218 Å². The average molecular weight is 500 g/mol. The Bertz CT molecular complexity index is 1210. The lowest BCUT2D eigenvalue weighted by Gasteiger charge is -2.56. The van der Waals surface area contributed by atoms with Gasteiger partial charge in [-0.2, -0.15) is 0 Å². The van der Waals surface area contributed by atoms with Crippen molar-refractivity contribution in [2.45, 2.75) is 57.7 Å². The van der Waals surface area contributed by atoms with Gasteiger partial charge in [-0.05, 0) is 91.5 Å². The molecule has 2 aromatic carbocycles. The standard InChI is InChI=1S/C31H37N3O3/c35-19-25(37-20-21-5-2-1-3-6-21)18-32-29-10-9-26-27(33-29)7-4-8-28(26)34-30(36)17-31-14-22-11-23(15-31)13-24(12-22)16-31/h1-10,22-25,35H,11-20H2,(H,32,33)(H,34,36). The van der Waals surface area contributed by atoms with Crippen molar-refractivity contribution in [3.8, 4) is 0 Å². The third-order valence-corrected chi connectivity index (χ3v) is 8.75. The number of fused-ring (bicyclic) bond motifs is 1. The molecule has 0 radical (unpaired) electrons. The molecule has 1 unspecified atom stereocenters. The molecule has 3 N–H and O–H groups in total. The zero-order chi connectivity index (χ0) is 25.2. The Morgan fingerprint density at radius 2 is 1.70 bits per heavy atom. The summed E-state index contributed by atoms with van der Waals surface area (Å²) in [6, 6.07) is 19.7. The summed E-state index contributed by atoms with van der Waals surface area (Å²) in [7, 11) is 0. The van der Waals surface area contributed by atoms with Gasteiger partial charge in [0.25, 0.3) is 0 Å². The minimum atomic E-state index is -0.340. The van der Waals surface area contributed by atoms with Gasteiger partial charge in [-0.25, -0.2) is 4.98 Å². The van der Waals surface area contributed by atoms with Crippen molar-refractivity contribution in [3.63, 3.8) is 0 Å². The van der Waals surface area contributed by atoms with Gasteiger partial charge in [0.2, 0.25) is 5.91 Å². The lowest BCUT2D eigenvalue weighted by Crippen LogP contribution is -2.47. The minimum absolute atomic E-state index is 0.0761. The van der Waals surface area contributed by atoms with Crippen LogP contribution in [0.4, 0.5) is 11.5 Å². The van der Waals surface area contributed by atoms with Crippen molar-refractivity contribution in [1.82, 2.24) is 4.98 Å². The maximum Gasteiger partial charge on any atom is 0.224 e. The third-order valence-electron chi connectivity index (χ3n) is 8.75. The molecule has 6 heteroatoms. The van der Waals surface area contributed by atoms with Gasteiger partial charge in [0, 0.05) is 18.4 Å². The summed E-state index contributed by atoms with van der Waals surface area (Å²) < 4.78 is 5.86. The maximum absolute atomic E-state index is 13.2. The highest BCUT2D eigenvalue weighted by molar-refractivity contribution is 6.01. The summed E-state index contributed by atoms with van der Waals surface area (Å²) >= 11 is 0. The SMILES string of the molecule is O=C(CC12CC3CC(CC(C3)C1)C2)Nc1cccc2nc(NCC(CO)OCc3ccccc3)ccc12. The van der Waals surface area contributed by atoms with Crippen LogP contribution in [-0.2, 0) is 16.1 Å². The Morgan fingerprint density at radius 1 is 0.973 bits per heavy atom. The molecule has 1 atom stereocenters. The number of anilines is 2. The molecule has 0 aliphatic heterocycles. The first-order valence-electron chi connectivity index (χ1n) is 13.8. The number of aromatic nitrogens is 1. The normalized spacial score (nSPS) is 26.8. The van der Waals surface area contributed by atoms with Crippen LogP contribution in [0, 0.1) is 23.2 Å². The molecule has 0 spiro atoms. The highest BCUT2D eigenvalue weighted by Gasteiger charge is 2.51. The number of aliphatic hydroxyl groups is 1. The average Bonchev–Trinajstić information content (AvgIpc) is 2.88. The molecule has 6 nitrogen and oxygen atoms in total. The molecule has 4 bridgehead atoms. The summed E-state index contributed by atoms with van der Waals surface area (Å²) in [6.07, 6.45) is 8.20. The summed E-state index contributed by atoms with van der Waals surface area (Å²) in [6.45, 7) is 0.821. The number of pyridine rings is 1. The molecule has 4 aliphatic carbocycles. The van der Waals surface area contributed by atoms with Gasteiger partial charge in [-0.3, -0.25) is 4.79 Å². The summed E-state index contributed by atoms with van der Waals surface area (Å²) in [5, 5.41) is 17.2. The van der Waals surface area contributed by atoms with E-state index in [0.29, 0.717) is 25.4 Å². The summed E-state index contributed by atoms with van der Waals surface area (Å²) in [4.78, 5) is 17.9. The van der Waals surface area contributed by atoms with E-state index in [-0.39, 0.29) is 24.0 Å². The smallest absolute Gasteiger partial charge is 0.224 e. The first-order chi connectivity index (χ1) is 18.1. The molecular weight excluding hydrogens is 462 g/mol. The van der Waals surface area contributed by atoms with E-state index in [4.69, 9.17) is 9.72 Å². The lowest BCUT2D eigenvalue weighted by molar-refractivity contribution is -0.124. The number of aliphatic hydroxyl groups excluding tert-OH is 1. The topological polar surface area (TPSA) is 83.5 Å². The van der Waals surface area contributed by atoms with Gasteiger partial charge in [-0.1, -0.05) is 36.4 Å². The van der Waals surface area contributed by atoms with Crippen molar-refractivity contribution in [2.75, 3.05) is 23.8 Å². The Kier molecular flexibility index (Phi) is 6.87. The number of nitrogens with one attached hydrogen (secondary N) is 2. The van der Waals surface area contributed by atoms with Gasteiger partial charge in [0.15, 0.2) is 0 Å². The van der Waals surface area contributed by atoms with Gasteiger partial charge < -0.3 is 20.5 Å². The lowest BCUT2D eigenvalue weighted by atomic mass is 9.49. The van der Waals surface area contributed by atoms with Crippen LogP contribution in [0.5, 0.6) is 0 Å². The molecule has 3 aromatic rings. The number of hydrogen-bond acceptors (Lipinski definition) is 5. The molecule has 37 heavy (non-hydrogen) atoms. The maximum atomic E-state index is 13.2. The predicted octanol–water partition coefficient (Wildman–Crippen LogP) is 5.77. The van der Waals surface area contributed by atoms with Crippen molar-refractivity contribution in [2.24, 2.45) is 23.2 Å². The van der Waals surface area contributed by atoms with Crippen molar-refractivity contribution >= 4 is 28.3 Å². The Balaban J connectivity index is 1.07. The highest BCUT2D eigenvalue weighted by atomic mass is 16.5. The second-order valence-corrected chi connectivity index (χ2v) is 11.7. The quantitative estimate of drug-likeness (QED) is 0.330. The van der Waals surface area contributed by atoms with Crippen molar-refractivity contribution < 1.29 is 14.6 Å². The third kappa shape index (κ3) is 5.51. The number of hydrogen-bond donors (Lipinski definition) is 3. The van der Waals surface area contributed by atoms with Crippen molar-refractivity contribution in [3.05, 3.63) is 66.2 Å². The first kappa shape index (κ1) is 24.4. The number of nitrogens with zero attached hydrogens (tertiary/aromatic N) is 1. The molecule has 7 rings (SSSR count). The van der Waals surface area contributed by atoms with E-state index in [2.05, 4.69) is 10.6 Å². The van der Waals surface area contributed by atoms with Gasteiger partial charge in [-0.15, -0.1) is 0 Å². The Hall–Kier alpha value is -2.96. The van der Waals surface area contributed by atoms with Crippen LogP contribution in [0.25, 0.3) is 10.9 Å². The van der Waals surface area contributed by atoms with Crippen LogP contribution in [0.1, 0.15) is 50.5 Å². The fourth-order valence-electron chi connectivity index (χ4n) is 7.59. The summed E-state index contributed by atoms with van der Waals surface area (Å²) in [5.41, 5.74) is 2.95. The molecule has 0 saturated heterocycles. The van der Waals surface area contributed by atoms with Gasteiger partial charge >= 0.3 is 0 Å². The fraction of sp³-hybridized carbons (Fsp3) is 0.484. The second-order valence-electron chi connectivity index (χ2n) is 11.7. The largest absolute Gasteiger partial charge is 0.394 e. The van der Waals surface area contributed by atoms with E-state index in [1.54, 1.807) is 0 Å². The monoisotopic (exact) mass is 499 g/mol. The van der Waals surface area contributed by atoms with Crippen molar-refractivity contribution in [1.29, 1.82) is 0 Å². The number of carbonyl (C=O) groups excluding carboxylic acids is 1.